The van der Waals surface area contributed by atoms with Crippen molar-refractivity contribution in [1.29, 1.82) is 0 Å². The molecule has 1 saturated heterocycles. The van der Waals surface area contributed by atoms with Gasteiger partial charge in [0.1, 0.15) is 0 Å². The van der Waals surface area contributed by atoms with E-state index in [9.17, 15) is 4.79 Å². The molecule has 4 nitrogen and oxygen atoms in total. The zero-order valence-electron chi connectivity index (χ0n) is 9.74. The van der Waals surface area contributed by atoms with E-state index in [1.807, 2.05) is 4.90 Å². The molecule has 0 spiro atoms. The summed E-state index contributed by atoms with van der Waals surface area (Å²) < 4.78 is 5.37. The number of morpholine rings is 1. The predicted octanol–water partition coefficient (Wildman–Crippen LogP) is 0.609. The first-order valence-corrected chi connectivity index (χ1v) is 5.72. The number of carbonyl (C=O) groups excluding carboxylic acids is 1. The number of rotatable bonds is 4. The maximum atomic E-state index is 11.9. The lowest BCUT2D eigenvalue weighted by Crippen LogP contribution is -2.49. The van der Waals surface area contributed by atoms with Crippen LogP contribution in [0.1, 0.15) is 26.7 Å². The molecule has 15 heavy (non-hydrogen) atoms. The summed E-state index contributed by atoms with van der Waals surface area (Å²) in [5, 5.41) is 0. The second-order valence-electron chi connectivity index (χ2n) is 4.49. The lowest BCUT2D eigenvalue weighted by Gasteiger charge is -2.36. The standard InChI is InChI=1S/C11H22N2O2/c1-9(2)7-11(14)13-5-6-15-8-10(13)3-4-12/h9-10H,3-8,12H2,1-2H3. The quantitative estimate of drug-likeness (QED) is 0.746. The highest BCUT2D eigenvalue weighted by Gasteiger charge is 2.26. The zero-order chi connectivity index (χ0) is 11.3. The molecular weight excluding hydrogens is 192 g/mol. The molecule has 0 aromatic rings. The summed E-state index contributed by atoms with van der Waals surface area (Å²) in [5.41, 5.74) is 5.53. The number of ether oxygens (including phenoxy) is 1. The Morgan fingerprint density at radius 3 is 2.93 bits per heavy atom. The highest BCUT2D eigenvalue weighted by molar-refractivity contribution is 5.76. The van der Waals surface area contributed by atoms with Crippen molar-refractivity contribution in [3.8, 4) is 0 Å². The molecule has 88 valence electrons. The molecule has 0 saturated carbocycles. The van der Waals surface area contributed by atoms with Crippen molar-refractivity contribution in [1.82, 2.24) is 4.90 Å². The maximum absolute atomic E-state index is 11.9. The average Bonchev–Trinajstić information content (AvgIpc) is 2.18. The van der Waals surface area contributed by atoms with Gasteiger partial charge < -0.3 is 15.4 Å². The van der Waals surface area contributed by atoms with Crippen LogP contribution in [0.25, 0.3) is 0 Å². The largest absolute Gasteiger partial charge is 0.377 e. The molecule has 1 atom stereocenters. The molecule has 1 fully saturated rings. The molecule has 0 aromatic carbocycles. The number of hydrogen-bond donors (Lipinski definition) is 1. The van der Waals surface area contributed by atoms with Crippen LogP contribution in [0.5, 0.6) is 0 Å². The Kier molecular flexibility index (Phi) is 5.05. The fraction of sp³-hybridized carbons (Fsp3) is 0.909. The molecule has 4 heteroatoms. The molecule has 1 aliphatic rings. The second kappa shape index (κ2) is 6.08. The molecule has 1 unspecified atom stereocenters. The molecule has 1 heterocycles. The summed E-state index contributed by atoms with van der Waals surface area (Å²) in [6.07, 6.45) is 1.46. The third-order valence-corrected chi connectivity index (χ3v) is 2.63. The lowest BCUT2D eigenvalue weighted by molar-refractivity contribution is -0.140. The van der Waals surface area contributed by atoms with E-state index < -0.39 is 0 Å². The summed E-state index contributed by atoms with van der Waals surface area (Å²) >= 11 is 0. The molecule has 1 aliphatic heterocycles. The van der Waals surface area contributed by atoms with E-state index in [0.29, 0.717) is 32.1 Å². The minimum absolute atomic E-state index is 0.190. The summed E-state index contributed by atoms with van der Waals surface area (Å²) in [6, 6.07) is 0.190. The van der Waals surface area contributed by atoms with Gasteiger partial charge in [-0.3, -0.25) is 4.79 Å². The van der Waals surface area contributed by atoms with Crippen LogP contribution >= 0.6 is 0 Å². The van der Waals surface area contributed by atoms with E-state index in [1.54, 1.807) is 0 Å². The highest BCUT2D eigenvalue weighted by Crippen LogP contribution is 2.13. The SMILES string of the molecule is CC(C)CC(=O)N1CCOCC1CCN. The van der Waals surface area contributed by atoms with Crippen molar-refractivity contribution in [3.63, 3.8) is 0 Å². The molecule has 2 N–H and O–H groups in total. The van der Waals surface area contributed by atoms with Crippen molar-refractivity contribution >= 4 is 5.91 Å². The Morgan fingerprint density at radius 1 is 1.60 bits per heavy atom. The smallest absolute Gasteiger partial charge is 0.223 e. The Bertz CT molecular complexity index is 205. The van der Waals surface area contributed by atoms with E-state index in [1.165, 1.54) is 0 Å². The van der Waals surface area contributed by atoms with Crippen LogP contribution in [-0.2, 0) is 9.53 Å². The third kappa shape index (κ3) is 3.80. The van der Waals surface area contributed by atoms with Gasteiger partial charge in [0.05, 0.1) is 19.3 Å². The van der Waals surface area contributed by atoms with E-state index in [2.05, 4.69) is 13.8 Å². The normalized spacial score (nSPS) is 22.1. The minimum atomic E-state index is 0.190. The average molecular weight is 214 g/mol. The summed E-state index contributed by atoms with van der Waals surface area (Å²) in [4.78, 5) is 13.9. The van der Waals surface area contributed by atoms with Crippen LogP contribution in [0.15, 0.2) is 0 Å². The fourth-order valence-corrected chi connectivity index (χ4v) is 1.88. The Labute approximate surface area is 91.8 Å². The Hall–Kier alpha value is -0.610. The van der Waals surface area contributed by atoms with Gasteiger partial charge in [0.15, 0.2) is 0 Å². The molecular formula is C11H22N2O2. The van der Waals surface area contributed by atoms with Gasteiger partial charge in [-0.25, -0.2) is 0 Å². The number of carbonyl (C=O) groups is 1. The maximum Gasteiger partial charge on any atom is 0.223 e. The van der Waals surface area contributed by atoms with Crippen molar-refractivity contribution in [3.05, 3.63) is 0 Å². The van der Waals surface area contributed by atoms with E-state index >= 15 is 0 Å². The summed E-state index contributed by atoms with van der Waals surface area (Å²) in [7, 11) is 0. The van der Waals surface area contributed by atoms with Gasteiger partial charge in [-0.1, -0.05) is 13.8 Å². The molecule has 0 bridgehead atoms. The number of nitrogens with zero attached hydrogens (tertiary/aromatic N) is 1. The van der Waals surface area contributed by atoms with Gasteiger partial charge in [-0.2, -0.15) is 0 Å². The number of amides is 1. The van der Waals surface area contributed by atoms with Crippen LogP contribution in [0.4, 0.5) is 0 Å². The van der Waals surface area contributed by atoms with Gasteiger partial charge >= 0.3 is 0 Å². The van der Waals surface area contributed by atoms with Gasteiger partial charge in [0.25, 0.3) is 0 Å². The van der Waals surface area contributed by atoms with E-state index in [4.69, 9.17) is 10.5 Å². The van der Waals surface area contributed by atoms with Gasteiger partial charge in [0, 0.05) is 13.0 Å². The first-order valence-electron chi connectivity index (χ1n) is 5.72. The van der Waals surface area contributed by atoms with Crippen molar-refractivity contribution in [2.75, 3.05) is 26.3 Å². The monoisotopic (exact) mass is 214 g/mol. The molecule has 1 rings (SSSR count). The summed E-state index contributed by atoms with van der Waals surface area (Å²) in [6.45, 7) is 6.76. The third-order valence-electron chi connectivity index (χ3n) is 2.63. The topological polar surface area (TPSA) is 55.6 Å². The van der Waals surface area contributed by atoms with Gasteiger partial charge in [-0.05, 0) is 18.9 Å². The van der Waals surface area contributed by atoms with Gasteiger partial charge in [-0.15, -0.1) is 0 Å². The number of hydrogen-bond acceptors (Lipinski definition) is 3. The van der Waals surface area contributed by atoms with Crippen LogP contribution in [0.3, 0.4) is 0 Å². The van der Waals surface area contributed by atoms with Crippen LogP contribution in [0, 0.1) is 5.92 Å². The Balaban J connectivity index is 2.51. The first kappa shape index (κ1) is 12.5. The highest BCUT2D eigenvalue weighted by atomic mass is 16.5. The molecule has 0 aliphatic carbocycles. The van der Waals surface area contributed by atoms with Crippen molar-refractivity contribution in [2.45, 2.75) is 32.7 Å². The molecule has 1 amide bonds. The van der Waals surface area contributed by atoms with Crippen molar-refractivity contribution < 1.29 is 9.53 Å². The van der Waals surface area contributed by atoms with Crippen LogP contribution in [-0.4, -0.2) is 43.2 Å². The summed E-state index contributed by atoms with van der Waals surface area (Å²) in [5.74, 6) is 0.658. The lowest BCUT2D eigenvalue weighted by atomic mass is 10.1. The van der Waals surface area contributed by atoms with Crippen LogP contribution < -0.4 is 5.73 Å². The minimum Gasteiger partial charge on any atom is -0.377 e. The number of nitrogens with two attached hydrogens (primary N) is 1. The van der Waals surface area contributed by atoms with Crippen molar-refractivity contribution in [2.24, 2.45) is 11.7 Å². The predicted molar refractivity (Wildman–Crippen MR) is 59.4 cm³/mol. The molecule has 0 aromatic heterocycles. The van der Waals surface area contributed by atoms with E-state index in [0.717, 1.165) is 13.0 Å². The Morgan fingerprint density at radius 2 is 2.33 bits per heavy atom. The van der Waals surface area contributed by atoms with E-state index in [-0.39, 0.29) is 11.9 Å². The van der Waals surface area contributed by atoms with Crippen LogP contribution in [0.2, 0.25) is 0 Å². The fourth-order valence-electron chi connectivity index (χ4n) is 1.88. The van der Waals surface area contributed by atoms with Gasteiger partial charge in [0.2, 0.25) is 5.91 Å². The molecule has 0 radical (unpaired) electrons. The zero-order valence-corrected chi connectivity index (χ0v) is 9.74. The first-order chi connectivity index (χ1) is 7.15. The second-order valence-corrected chi connectivity index (χ2v) is 4.49.